The predicted molar refractivity (Wildman–Crippen MR) is 37.3 cm³/mol. The minimum atomic E-state index is -4.49. The van der Waals surface area contributed by atoms with Crippen LogP contribution in [0.25, 0.3) is 0 Å². The summed E-state index contributed by atoms with van der Waals surface area (Å²) >= 11 is 0. The molecule has 0 saturated carbocycles. The van der Waals surface area contributed by atoms with Gasteiger partial charge in [0.2, 0.25) is 0 Å². The minimum absolute atomic E-state index is 0.124. The molecule has 1 saturated heterocycles. The average Bonchev–Trinajstić information content (AvgIpc) is 2.85. The molecule has 1 N–H and O–H groups in total. The fourth-order valence-electron chi connectivity index (χ4n) is 0.846. The van der Waals surface area contributed by atoms with E-state index in [0.29, 0.717) is 6.61 Å². The maximum Gasteiger partial charge on any atom is 0.416 e. The van der Waals surface area contributed by atoms with Gasteiger partial charge in [-0.1, -0.05) is 0 Å². The summed E-state index contributed by atoms with van der Waals surface area (Å²) in [6.07, 6.45) is -9.61. The number of aliphatic hydroxyl groups excluding tert-OH is 1. The number of alkyl halides is 4. The predicted octanol–water partition coefficient (Wildman–Crippen LogP) is 1.01. The van der Waals surface area contributed by atoms with Crippen molar-refractivity contribution in [2.45, 2.75) is 31.2 Å². The summed E-state index contributed by atoms with van der Waals surface area (Å²) in [6, 6.07) is 0. The largest absolute Gasteiger partial charge is 0.416 e. The normalized spacial score (nSPS) is 24.0. The van der Waals surface area contributed by atoms with E-state index in [9.17, 15) is 17.6 Å². The molecule has 7 heteroatoms. The van der Waals surface area contributed by atoms with Crippen LogP contribution in [0.2, 0.25) is 0 Å². The van der Waals surface area contributed by atoms with Crippen molar-refractivity contribution >= 4 is 0 Å². The standard InChI is InChI=1S/C7H10F4O3/c8-6(9)7(10,11)14-2-4(12)1-5-3-13-5/h4-6,12H,1-3H2. The van der Waals surface area contributed by atoms with Crippen molar-refractivity contribution in [2.24, 2.45) is 0 Å². The van der Waals surface area contributed by atoms with Gasteiger partial charge in [-0.15, -0.1) is 0 Å². The van der Waals surface area contributed by atoms with Gasteiger partial charge in [-0.2, -0.15) is 8.78 Å². The van der Waals surface area contributed by atoms with Gasteiger partial charge in [0, 0.05) is 6.42 Å². The van der Waals surface area contributed by atoms with E-state index in [1.165, 1.54) is 0 Å². The highest BCUT2D eigenvalue weighted by Crippen LogP contribution is 2.25. The van der Waals surface area contributed by atoms with Crippen molar-refractivity contribution in [1.82, 2.24) is 0 Å². The Morgan fingerprint density at radius 1 is 1.50 bits per heavy atom. The van der Waals surface area contributed by atoms with Crippen LogP contribution in [-0.2, 0) is 9.47 Å². The molecule has 0 amide bonds. The number of halogens is 4. The van der Waals surface area contributed by atoms with Crippen LogP contribution in [0, 0.1) is 0 Å². The first-order chi connectivity index (χ1) is 6.42. The van der Waals surface area contributed by atoms with Gasteiger partial charge >= 0.3 is 12.5 Å². The second-order valence-electron chi connectivity index (χ2n) is 3.02. The Balaban J connectivity index is 2.17. The van der Waals surface area contributed by atoms with E-state index in [4.69, 9.17) is 9.84 Å². The third-order valence-corrected chi connectivity index (χ3v) is 1.66. The highest BCUT2D eigenvalue weighted by Gasteiger charge is 2.42. The molecule has 0 aromatic carbocycles. The maximum atomic E-state index is 12.1. The Kier molecular flexibility index (Phi) is 3.68. The van der Waals surface area contributed by atoms with E-state index in [0.717, 1.165) is 0 Å². The van der Waals surface area contributed by atoms with Gasteiger partial charge in [-0.3, -0.25) is 0 Å². The SMILES string of the molecule is OC(COC(F)(F)C(F)F)CC1CO1. The van der Waals surface area contributed by atoms with E-state index in [1.54, 1.807) is 0 Å². The number of aliphatic hydroxyl groups is 1. The number of hydrogen-bond acceptors (Lipinski definition) is 3. The van der Waals surface area contributed by atoms with Gasteiger partial charge < -0.3 is 14.6 Å². The van der Waals surface area contributed by atoms with Crippen LogP contribution < -0.4 is 0 Å². The van der Waals surface area contributed by atoms with E-state index in [1.807, 2.05) is 0 Å². The van der Waals surface area contributed by atoms with E-state index in [2.05, 4.69) is 4.74 Å². The van der Waals surface area contributed by atoms with Crippen LogP contribution in [0.5, 0.6) is 0 Å². The van der Waals surface area contributed by atoms with E-state index >= 15 is 0 Å². The summed E-state index contributed by atoms with van der Waals surface area (Å²) < 4.78 is 55.7. The zero-order valence-corrected chi connectivity index (χ0v) is 7.13. The van der Waals surface area contributed by atoms with E-state index in [-0.39, 0.29) is 12.5 Å². The average molecular weight is 218 g/mol. The highest BCUT2D eigenvalue weighted by molar-refractivity contribution is 4.73. The number of rotatable bonds is 6. The second kappa shape index (κ2) is 4.41. The molecule has 1 aliphatic rings. The molecule has 1 rings (SSSR count). The summed E-state index contributed by atoms with van der Waals surface area (Å²) in [5.74, 6) is 0. The fraction of sp³-hybridized carbons (Fsp3) is 1.00. The first-order valence-electron chi connectivity index (χ1n) is 4.01. The molecule has 1 heterocycles. The van der Waals surface area contributed by atoms with Crippen LogP contribution in [0.1, 0.15) is 6.42 Å². The molecule has 0 radical (unpaired) electrons. The summed E-state index contributed by atoms with van der Waals surface area (Å²) in [7, 11) is 0. The van der Waals surface area contributed by atoms with Crippen LogP contribution in [-0.4, -0.2) is 43.1 Å². The lowest BCUT2D eigenvalue weighted by Gasteiger charge is -2.17. The molecule has 3 nitrogen and oxygen atoms in total. The van der Waals surface area contributed by atoms with Gasteiger partial charge in [-0.05, 0) is 0 Å². The molecule has 1 aliphatic heterocycles. The molecule has 1 fully saturated rings. The third kappa shape index (κ3) is 3.77. The first kappa shape index (κ1) is 11.7. The summed E-state index contributed by atoms with van der Waals surface area (Å²) in [5.41, 5.74) is 0. The van der Waals surface area contributed by atoms with Gasteiger partial charge in [0.25, 0.3) is 0 Å². The van der Waals surface area contributed by atoms with Crippen LogP contribution in [0.15, 0.2) is 0 Å². The van der Waals surface area contributed by atoms with Gasteiger partial charge in [0.1, 0.15) is 0 Å². The first-order valence-corrected chi connectivity index (χ1v) is 4.01. The van der Waals surface area contributed by atoms with Crippen molar-refractivity contribution in [3.8, 4) is 0 Å². The monoisotopic (exact) mass is 218 g/mol. The third-order valence-electron chi connectivity index (χ3n) is 1.66. The van der Waals surface area contributed by atoms with Crippen molar-refractivity contribution in [3.05, 3.63) is 0 Å². The topological polar surface area (TPSA) is 42.0 Å². The zero-order valence-electron chi connectivity index (χ0n) is 7.13. The van der Waals surface area contributed by atoms with Gasteiger partial charge in [-0.25, -0.2) is 8.78 Å². The summed E-state index contributed by atoms with van der Waals surface area (Å²) in [5, 5.41) is 9.02. The Morgan fingerprint density at radius 3 is 2.50 bits per heavy atom. The summed E-state index contributed by atoms with van der Waals surface area (Å²) in [6.45, 7) is -0.362. The number of epoxide rings is 1. The Labute approximate surface area is 77.6 Å². The Morgan fingerprint density at radius 2 is 2.07 bits per heavy atom. The van der Waals surface area contributed by atoms with Gasteiger partial charge in [0.15, 0.2) is 0 Å². The highest BCUT2D eigenvalue weighted by atomic mass is 19.3. The smallest absolute Gasteiger partial charge is 0.391 e. The van der Waals surface area contributed by atoms with Crippen LogP contribution in [0.4, 0.5) is 17.6 Å². The lowest BCUT2D eigenvalue weighted by molar-refractivity contribution is -0.306. The molecule has 2 atom stereocenters. The minimum Gasteiger partial charge on any atom is -0.391 e. The molecule has 84 valence electrons. The number of ether oxygens (including phenoxy) is 2. The fourth-order valence-corrected chi connectivity index (χ4v) is 0.846. The molecule has 14 heavy (non-hydrogen) atoms. The number of hydrogen-bond donors (Lipinski definition) is 1. The van der Waals surface area contributed by atoms with Crippen molar-refractivity contribution in [2.75, 3.05) is 13.2 Å². The molecule has 0 bridgehead atoms. The lowest BCUT2D eigenvalue weighted by Crippen LogP contribution is -2.33. The Bertz CT molecular complexity index is 184. The van der Waals surface area contributed by atoms with Crippen LogP contribution >= 0.6 is 0 Å². The molecular weight excluding hydrogens is 208 g/mol. The zero-order chi connectivity index (χ0) is 10.8. The molecule has 0 aromatic heterocycles. The second-order valence-corrected chi connectivity index (χ2v) is 3.02. The van der Waals surface area contributed by atoms with Crippen LogP contribution in [0.3, 0.4) is 0 Å². The summed E-state index contributed by atoms with van der Waals surface area (Å²) in [4.78, 5) is 0. The van der Waals surface area contributed by atoms with Gasteiger partial charge in [0.05, 0.1) is 25.4 Å². The molecular formula is C7H10F4O3. The lowest BCUT2D eigenvalue weighted by atomic mass is 10.2. The van der Waals surface area contributed by atoms with Crippen molar-refractivity contribution in [1.29, 1.82) is 0 Å². The van der Waals surface area contributed by atoms with E-state index < -0.39 is 25.2 Å². The van der Waals surface area contributed by atoms with Crippen molar-refractivity contribution in [3.63, 3.8) is 0 Å². The van der Waals surface area contributed by atoms with Crippen molar-refractivity contribution < 1.29 is 32.1 Å². The molecule has 0 spiro atoms. The molecule has 2 unspecified atom stereocenters. The quantitative estimate of drug-likeness (QED) is 0.534. The Hall–Kier alpha value is -0.400. The maximum absolute atomic E-state index is 12.1. The molecule has 0 aliphatic carbocycles. The molecule has 0 aromatic rings.